The number of unbranched alkanes of at least 4 members (excludes halogenated alkanes) is 2. The summed E-state index contributed by atoms with van der Waals surface area (Å²) in [5, 5.41) is 34.0. The molecule has 0 spiro atoms. The lowest BCUT2D eigenvalue weighted by Crippen LogP contribution is -2.37. The van der Waals surface area contributed by atoms with Gasteiger partial charge in [-0.15, -0.1) is 0 Å². The largest absolute Gasteiger partial charge is 0.483 e. The average molecular weight is 426 g/mol. The maximum Gasteiger partial charge on any atom is 0.483 e. The summed E-state index contributed by atoms with van der Waals surface area (Å²) in [7, 11) is -9.06. The minimum atomic E-state index is -4.90. The van der Waals surface area contributed by atoms with Gasteiger partial charge in [0, 0.05) is 0 Å². The maximum atomic E-state index is 11.8. The molecule has 0 aromatic carbocycles. The lowest BCUT2D eigenvalue weighted by molar-refractivity contribution is -0.0328. The summed E-state index contributed by atoms with van der Waals surface area (Å²) in [5.41, 5.74) is -1.11. The lowest BCUT2D eigenvalue weighted by atomic mass is 9.93. The highest BCUT2D eigenvalue weighted by molar-refractivity contribution is 7.61. The second kappa shape index (κ2) is 15.1. The third-order valence-corrected chi connectivity index (χ3v) is 5.69. The molecule has 160 valence electrons. The van der Waals surface area contributed by atoms with E-state index in [2.05, 4.69) is 4.31 Å². The second-order valence-corrected chi connectivity index (χ2v) is 8.57. The molecule has 0 aliphatic heterocycles. The van der Waals surface area contributed by atoms with Crippen molar-refractivity contribution in [2.24, 2.45) is 5.41 Å². The number of rotatable bonds is 14. The summed E-state index contributed by atoms with van der Waals surface area (Å²) >= 11 is 0. The fraction of sp³-hybridized carbons (Fsp3) is 1.00. The normalized spacial score (nSPS) is 12.6. The third-order valence-electron chi connectivity index (χ3n) is 3.04. The van der Waals surface area contributed by atoms with E-state index >= 15 is 0 Å². The van der Waals surface area contributed by atoms with Gasteiger partial charge < -0.3 is 30.2 Å². The van der Waals surface area contributed by atoms with E-state index in [-0.39, 0.29) is 13.2 Å². The Morgan fingerprint density at radius 1 is 0.769 bits per heavy atom. The van der Waals surface area contributed by atoms with Gasteiger partial charge in [0.05, 0.1) is 45.1 Å². The zero-order valence-corrected chi connectivity index (χ0v) is 17.0. The van der Waals surface area contributed by atoms with Crippen molar-refractivity contribution in [3.63, 3.8) is 0 Å². The Morgan fingerprint density at radius 3 is 1.31 bits per heavy atom. The summed E-state index contributed by atoms with van der Waals surface area (Å²) in [4.78, 5) is 17.2. The van der Waals surface area contributed by atoms with E-state index in [1.807, 2.05) is 13.8 Å². The van der Waals surface area contributed by atoms with Gasteiger partial charge in [0.25, 0.3) is 0 Å². The molecule has 13 heteroatoms. The van der Waals surface area contributed by atoms with Crippen LogP contribution in [0.5, 0.6) is 0 Å². The van der Waals surface area contributed by atoms with Crippen molar-refractivity contribution in [2.45, 2.75) is 39.5 Å². The van der Waals surface area contributed by atoms with Gasteiger partial charge in [-0.3, -0.25) is 9.05 Å². The molecule has 11 nitrogen and oxygen atoms in total. The molecule has 0 aromatic rings. The van der Waals surface area contributed by atoms with Crippen LogP contribution in [0.2, 0.25) is 0 Å². The number of hydrogen-bond acceptors (Lipinski definition) is 9. The molecular weight excluding hydrogens is 394 g/mol. The van der Waals surface area contributed by atoms with Gasteiger partial charge in [-0.05, 0) is 12.8 Å². The Balaban J connectivity index is 0. The zero-order chi connectivity index (χ0) is 20.7. The van der Waals surface area contributed by atoms with E-state index in [9.17, 15) is 9.13 Å². The molecule has 0 aromatic heterocycles. The highest BCUT2D eigenvalue weighted by Crippen LogP contribution is 2.61. The third kappa shape index (κ3) is 14.2. The van der Waals surface area contributed by atoms with Crippen LogP contribution < -0.4 is 0 Å². The number of hydrogen-bond donors (Lipinski definition) is 6. The van der Waals surface area contributed by atoms with Crippen LogP contribution in [-0.2, 0) is 22.5 Å². The second-order valence-electron chi connectivity index (χ2n) is 5.53. The highest BCUT2D eigenvalue weighted by Gasteiger charge is 2.35. The summed E-state index contributed by atoms with van der Waals surface area (Å²) < 4.78 is 36.2. The van der Waals surface area contributed by atoms with Crippen molar-refractivity contribution < 1.29 is 52.7 Å². The fourth-order valence-electron chi connectivity index (χ4n) is 1.16. The van der Waals surface area contributed by atoms with Crippen molar-refractivity contribution in [2.75, 3.05) is 39.6 Å². The first-order valence-corrected chi connectivity index (χ1v) is 11.2. The molecule has 6 N–H and O–H groups in total. The van der Waals surface area contributed by atoms with Gasteiger partial charge in [-0.25, -0.2) is 9.13 Å². The van der Waals surface area contributed by atoms with Gasteiger partial charge in [0.1, 0.15) is 0 Å². The Labute approximate surface area is 153 Å². The van der Waals surface area contributed by atoms with Crippen LogP contribution in [0.4, 0.5) is 0 Å². The van der Waals surface area contributed by atoms with Crippen molar-refractivity contribution in [1.82, 2.24) is 0 Å². The predicted octanol–water partition coefficient (Wildman–Crippen LogP) is 0.779. The molecule has 0 atom stereocenters. The zero-order valence-electron chi connectivity index (χ0n) is 15.2. The summed E-state index contributed by atoms with van der Waals surface area (Å²) in [6.07, 6.45) is 2.80. The van der Waals surface area contributed by atoms with Crippen molar-refractivity contribution in [1.29, 1.82) is 0 Å². The molecule has 0 saturated heterocycles. The topological polar surface area (TPSA) is 183 Å². The fourth-order valence-corrected chi connectivity index (χ4v) is 3.36. The predicted molar refractivity (Wildman–Crippen MR) is 93.2 cm³/mol. The van der Waals surface area contributed by atoms with Crippen LogP contribution in [0.1, 0.15) is 39.5 Å². The molecule has 0 fully saturated rings. The minimum Gasteiger partial charge on any atom is -0.396 e. The summed E-state index contributed by atoms with van der Waals surface area (Å²) in [6.45, 7) is 2.31. The molecule has 0 saturated carbocycles. The molecule has 0 unspecified atom stereocenters. The van der Waals surface area contributed by atoms with Gasteiger partial charge >= 0.3 is 15.6 Å². The molecular formula is C13H32O11P2. The highest BCUT2D eigenvalue weighted by atomic mass is 31.3. The Morgan fingerprint density at radius 2 is 1.12 bits per heavy atom. The van der Waals surface area contributed by atoms with E-state index < -0.39 is 47.5 Å². The quantitative estimate of drug-likeness (QED) is 0.170. The molecule has 26 heavy (non-hydrogen) atoms. The average Bonchev–Trinajstić information content (AvgIpc) is 2.57. The summed E-state index contributed by atoms with van der Waals surface area (Å²) in [6, 6.07) is 0. The Kier molecular flexibility index (Phi) is 16.4. The van der Waals surface area contributed by atoms with E-state index in [0.29, 0.717) is 12.8 Å². The van der Waals surface area contributed by atoms with Crippen molar-refractivity contribution in [3.8, 4) is 0 Å². The van der Waals surface area contributed by atoms with Crippen molar-refractivity contribution >= 4 is 15.6 Å². The molecule has 0 radical (unpaired) electrons. The van der Waals surface area contributed by atoms with Gasteiger partial charge in [0.2, 0.25) is 0 Å². The number of aliphatic hydroxyl groups is 4. The van der Waals surface area contributed by atoms with Crippen LogP contribution >= 0.6 is 15.6 Å². The van der Waals surface area contributed by atoms with Gasteiger partial charge in [0.15, 0.2) is 0 Å². The van der Waals surface area contributed by atoms with E-state index in [0.717, 1.165) is 12.8 Å². The van der Waals surface area contributed by atoms with Crippen LogP contribution in [-0.4, -0.2) is 69.9 Å². The first-order valence-electron chi connectivity index (χ1n) is 8.17. The first kappa shape index (κ1) is 28.3. The number of phosphoric ester groups is 1. The van der Waals surface area contributed by atoms with Crippen LogP contribution in [0.3, 0.4) is 0 Å². The standard InChI is InChI=1S/C8H20O7P2.C5H12O4/c1-3-5-7-13-17(12,14-8-6-4-2)15-16(9,10)11;6-1-5(2-7,3-8)4-9/h3-8H2,1-2H3,(H2,9,10,11);6-9H,1-4H2. The molecule has 0 rings (SSSR count). The number of phosphoric acid groups is 2. The molecule has 0 aliphatic rings. The smallest absolute Gasteiger partial charge is 0.396 e. The van der Waals surface area contributed by atoms with E-state index in [1.54, 1.807) is 0 Å². The van der Waals surface area contributed by atoms with Crippen LogP contribution in [0, 0.1) is 5.41 Å². The van der Waals surface area contributed by atoms with Gasteiger partial charge in [-0.2, -0.15) is 4.31 Å². The monoisotopic (exact) mass is 426 g/mol. The van der Waals surface area contributed by atoms with Crippen LogP contribution in [0.15, 0.2) is 0 Å². The van der Waals surface area contributed by atoms with Crippen LogP contribution in [0.25, 0.3) is 0 Å². The molecule has 0 aliphatic carbocycles. The van der Waals surface area contributed by atoms with Crippen molar-refractivity contribution in [3.05, 3.63) is 0 Å². The van der Waals surface area contributed by atoms with Gasteiger partial charge in [-0.1, -0.05) is 26.7 Å². The molecule has 0 amide bonds. The molecule has 0 bridgehead atoms. The number of aliphatic hydroxyl groups excluding tert-OH is 4. The van der Waals surface area contributed by atoms with E-state index in [1.165, 1.54) is 0 Å². The Bertz CT molecular complexity index is 391. The SMILES string of the molecule is CCCCOP(=O)(OCCCC)OP(=O)(O)O.OCC(CO)(CO)CO. The minimum absolute atomic E-state index is 0.0693. The lowest BCUT2D eigenvalue weighted by Gasteiger charge is -2.23. The van der Waals surface area contributed by atoms with E-state index in [4.69, 9.17) is 39.3 Å². The summed E-state index contributed by atoms with van der Waals surface area (Å²) in [5.74, 6) is 0. The maximum absolute atomic E-state index is 11.8. The Hall–Kier alpha value is 0.100. The first-order chi connectivity index (χ1) is 12.1. The molecule has 0 heterocycles.